The van der Waals surface area contributed by atoms with Crippen LogP contribution in [0, 0.1) is 6.92 Å². The molecule has 0 unspecified atom stereocenters. The van der Waals surface area contributed by atoms with E-state index in [1.165, 1.54) is 5.56 Å². The molecule has 7 heteroatoms. The van der Waals surface area contributed by atoms with Gasteiger partial charge in [-0.05, 0) is 67.6 Å². The maximum absolute atomic E-state index is 12.8. The molecule has 0 saturated heterocycles. The number of anilines is 2. The van der Waals surface area contributed by atoms with E-state index in [0.29, 0.717) is 30.0 Å². The number of carbonyl (C=O) groups excluding carboxylic acids is 2. The Morgan fingerprint density at radius 2 is 2.06 bits per heavy atom. The Hall–Kier alpha value is -3.58. The lowest BCUT2D eigenvalue weighted by molar-refractivity contribution is -0.122. The van der Waals surface area contributed by atoms with E-state index in [2.05, 4.69) is 52.2 Å². The number of rotatable bonds is 5. The number of aromatic nitrogens is 1. The van der Waals surface area contributed by atoms with Crippen molar-refractivity contribution in [3.8, 4) is 16.3 Å². The van der Waals surface area contributed by atoms with Gasteiger partial charge in [0.05, 0.1) is 16.3 Å². The fraction of sp³-hybridized carbons (Fsp3) is 0.200. The fourth-order valence-corrected chi connectivity index (χ4v) is 4.75. The normalized spacial score (nSPS) is 15.2. The number of amides is 2. The minimum Gasteiger partial charge on any atom is -0.479 e. The molecule has 6 nitrogen and oxygen atoms in total. The summed E-state index contributed by atoms with van der Waals surface area (Å²) in [5, 5.41) is 8.96. The average Bonchev–Trinajstić information content (AvgIpc) is 3.41. The zero-order chi connectivity index (χ0) is 22.2. The maximum atomic E-state index is 12.8. The summed E-state index contributed by atoms with van der Waals surface area (Å²) in [6.45, 7) is 3.78. The Labute approximate surface area is 189 Å². The fourth-order valence-electron chi connectivity index (χ4n) is 4.00. The minimum atomic E-state index is -0.528. The van der Waals surface area contributed by atoms with Gasteiger partial charge in [-0.2, -0.15) is 0 Å². The molecular weight excluding hydrogens is 422 g/mol. The number of hydrogen-bond acceptors (Lipinski definition) is 4. The van der Waals surface area contributed by atoms with E-state index in [9.17, 15) is 9.59 Å². The number of benzene rings is 2. The van der Waals surface area contributed by atoms with E-state index in [0.717, 1.165) is 27.0 Å². The molecule has 5 rings (SSSR count). The SMILES string of the molecule is Cc1ccc2[nH]c(-c3cccs3)c(CCC(=O)Nc3ccc4c(c3)NC(=O)[C@H](C)O4)c2c1. The largest absolute Gasteiger partial charge is 0.479 e. The van der Waals surface area contributed by atoms with Crippen LogP contribution < -0.4 is 15.4 Å². The number of ether oxygens (including phenoxy) is 1. The number of fused-ring (bicyclic) bond motifs is 2. The molecule has 162 valence electrons. The second-order valence-corrected chi connectivity index (χ2v) is 8.96. The van der Waals surface area contributed by atoms with Crippen molar-refractivity contribution in [2.24, 2.45) is 0 Å². The third-order valence-corrected chi connectivity index (χ3v) is 6.51. The molecule has 4 aromatic rings. The Kier molecular flexibility index (Phi) is 5.19. The number of thiophene rings is 1. The predicted octanol–water partition coefficient (Wildman–Crippen LogP) is 5.50. The molecule has 0 bridgehead atoms. The standard InChI is InChI=1S/C25H23N3O3S/c1-14-5-8-19-18(12-14)17(24(27-19)22-4-3-11-32-22)7-10-23(29)26-16-6-9-21-20(13-16)28-25(30)15(2)31-21/h3-6,8-9,11-13,15,27H,7,10H2,1-2H3,(H,26,29)(H,28,30)/t15-/m0/s1. The second kappa shape index (κ2) is 8.16. The van der Waals surface area contributed by atoms with Gasteiger partial charge in [-0.25, -0.2) is 0 Å². The zero-order valence-electron chi connectivity index (χ0n) is 17.8. The summed E-state index contributed by atoms with van der Waals surface area (Å²) in [7, 11) is 0. The smallest absolute Gasteiger partial charge is 0.265 e. The number of nitrogens with one attached hydrogen (secondary N) is 3. The van der Waals surface area contributed by atoms with Crippen molar-refractivity contribution >= 4 is 45.4 Å². The number of aryl methyl sites for hydroxylation is 2. The third kappa shape index (κ3) is 3.87. The first-order valence-corrected chi connectivity index (χ1v) is 11.4. The monoisotopic (exact) mass is 445 g/mol. The second-order valence-electron chi connectivity index (χ2n) is 8.01. The molecule has 1 aliphatic rings. The van der Waals surface area contributed by atoms with Gasteiger partial charge in [0.2, 0.25) is 5.91 Å². The Balaban J connectivity index is 1.35. The Bertz CT molecular complexity index is 1320. The lowest BCUT2D eigenvalue weighted by Crippen LogP contribution is -2.34. The van der Waals surface area contributed by atoms with E-state index in [1.54, 1.807) is 36.5 Å². The molecule has 0 radical (unpaired) electrons. The van der Waals surface area contributed by atoms with Crippen molar-refractivity contribution in [3.05, 3.63) is 65.0 Å². The van der Waals surface area contributed by atoms with Gasteiger partial charge in [0.1, 0.15) is 5.75 Å². The zero-order valence-corrected chi connectivity index (χ0v) is 18.6. The van der Waals surface area contributed by atoms with Gasteiger partial charge in [-0.15, -0.1) is 11.3 Å². The van der Waals surface area contributed by atoms with Crippen molar-refractivity contribution in [1.29, 1.82) is 0 Å². The van der Waals surface area contributed by atoms with Gasteiger partial charge >= 0.3 is 0 Å². The summed E-state index contributed by atoms with van der Waals surface area (Å²) in [4.78, 5) is 29.3. The first kappa shape index (κ1) is 20.3. The molecule has 0 saturated carbocycles. The van der Waals surface area contributed by atoms with Crippen molar-refractivity contribution < 1.29 is 14.3 Å². The van der Waals surface area contributed by atoms with Crippen LogP contribution in [0.15, 0.2) is 53.9 Å². The van der Waals surface area contributed by atoms with Gasteiger partial charge in [0.25, 0.3) is 5.91 Å². The topological polar surface area (TPSA) is 83.2 Å². The van der Waals surface area contributed by atoms with E-state index in [-0.39, 0.29) is 11.8 Å². The Morgan fingerprint density at radius 3 is 2.88 bits per heavy atom. The third-order valence-electron chi connectivity index (χ3n) is 5.63. The summed E-state index contributed by atoms with van der Waals surface area (Å²) in [6.07, 6.45) is 0.432. The van der Waals surface area contributed by atoms with Crippen LogP contribution in [0.4, 0.5) is 11.4 Å². The lowest BCUT2D eigenvalue weighted by Gasteiger charge is -2.23. The van der Waals surface area contributed by atoms with Gasteiger partial charge in [-0.3, -0.25) is 9.59 Å². The lowest BCUT2D eigenvalue weighted by atomic mass is 10.0. The summed E-state index contributed by atoms with van der Waals surface area (Å²) >= 11 is 1.68. The summed E-state index contributed by atoms with van der Waals surface area (Å²) in [6, 6.07) is 15.8. The molecule has 2 aromatic heterocycles. The average molecular weight is 446 g/mol. The molecule has 3 N–H and O–H groups in total. The summed E-state index contributed by atoms with van der Waals surface area (Å²) < 4.78 is 5.57. The van der Waals surface area contributed by atoms with E-state index in [1.807, 2.05) is 6.07 Å². The van der Waals surface area contributed by atoms with E-state index in [4.69, 9.17) is 4.74 Å². The number of aromatic amines is 1. The first-order valence-electron chi connectivity index (χ1n) is 10.5. The maximum Gasteiger partial charge on any atom is 0.265 e. The van der Waals surface area contributed by atoms with Crippen LogP contribution in [0.2, 0.25) is 0 Å². The summed E-state index contributed by atoms with van der Waals surface area (Å²) in [5.74, 6) is 0.321. The van der Waals surface area contributed by atoms with Crippen molar-refractivity contribution in [1.82, 2.24) is 4.98 Å². The van der Waals surface area contributed by atoms with Crippen LogP contribution in [0.5, 0.6) is 5.75 Å². The van der Waals surface area contributed by atoms with Crippen molar-refractivity contribution in [3.63, 3.8) is 0 Å². The molecule has 2 aromatic carbocycles. The van der Waals surface area contributed by atoms with Crippen LogP contribution >= 0.6 is 11.3 Å². The first-order chi connectivity index (χ1) is 15.5. The van der Waals surface area contributed by atoms with Gasteiger partial charge < -0.3 is 20.4 Å². The number of H-pyrrole nitrogens is 1. The molecule has 3 heterocycles. The molecule has 2 amide bonds. The highest BCUT2D eigenvalue weighted by Crippen LogP contribution is 2.35. The number of hydrogen-bond donors (Lipinski definition) is 3. The van der Waals surface area contributed by atoms with Crippen LogP contribution in [0.1, 0.15) is 24.5 Å². The Morgan fingerprint density at radius 1 is 1.19 bits per heavy atom. The molecule has 32 heavy (non-hydrogen) atoms. The predicted molar refractivity (Wildman–Crippen MR) is 128 cm³/mol. The summed E-state index contributed by atoms with van der Waals surface area (Å²) in [5.41, 5.74) is 5.69. The molecule has 1 atom stereocenters. The van der Waals surface area contributed by atoms with Crippen LogP contribution in [-0.4, -0.2) is 22.9 Å². The molecule has 1 aliphatic heterocycles. The van der Waals surface area contributed by atoms with Crippen LogP contribution in [0.3, 0.4) is 0 Å². The van der Waals surface area contributed by atoms with Crippen LogP contribution in [0.25, 0.3) is 21.5 Å². The number of carbonyl (C=O) groups is 2. The highest BCUT2D eigenvalue weighted by atomic mass is 32.1. The van der Waals surface area contributed by atoms with Gasteiger partial charge in [-0.1, -0.05) is 17.7 Å². The minimum absolute atomic E-state index is 0.0829. The van der Waals surface area contributed by atoms with E-state index >= 15 is 0 Å². The van der Waals surface area contributed by atoms with Gasteiger partial charge in [0.15, 0.2) is 6.10 Å². The van der Waals surface area contributed by atoms with Crippen molar-refractivity contribution in [2.75, 3.05) is 10.6 Å². The highest BCUT2D eigenvalue weighted by molar-refractivity contribution is 7.13. The van der Waals surface area contributed by atoms with Gasteiger partial charge in [0, 0.05) is 23.0 Å². The van der Waals surface area contributed by atoms with E-state index < -0.39 is 6.10 Å². The molecule has 0 aliphatic carbocycles. The highest BCUT2D eigenvalue weighted by Gasteiger charge is 2.23. The quantitative estimate of drug-likeness (QED) is 0.380. The molecular formula is C25H23N3O3S. The van der Waals surface area contributed by atoms with Crippen LogP contribution in [-0.2, 0) is 16.0 Å². The van der Waals surface area contributed by atoms with Crippen molar-refractivity contribution in [2.45, 2.75) is 32.8 Å². The molecule has 0 fully saturated rings. The molecule has 0 spiro atoms.